The van der Waals surface area contributed by atoms with Crippen molar-refractivity contribution < 1.29 is 0 Å². The van der Waals surface area contributed by atoms with Gasteiger partial charge >= 0.3 is 0 Å². The Morgan fingerprint density at radius 2 is 1.75 bits per heavy atom. The summed E-state index contributed by atoms with van der Waals surface area (Å²) in [6.07, 6.45) is 13.9. The number of hydrogen-bond donors (Lipinski definition) is 2. The van der Waals surface area contributed by atoms with Crippen molar-refractivity contribution in [2.24, 2.45) is 16.5 Å². The molecule has 0 saturated carbocycles. The van der Waals surface area contributed by atoms with E-state index in [1.54, 1.807) is 24.3 Å². The maximum Gasteiger partial charge on any atom is 0.0860 e. The molecule has 3 heteroatoms. The highest BCUT2D eigenvalue weighted by Gasteiger charge is 1.79. The molecular weight excluding hydrogens is 246 g/mol. The Hall–Kier alpha value is -2.13. The van der Waals surface area contributed by atoms with Gasteiger partial charge in [-0.05, 0) is 24.6 Å². The van der Waals surface area contributed by atoms with E-state index in [4.69, 9.17) is 11.5 Å². The first-order valence-electron chi connectivity index (χ1n) is 6.54. The third kappa shape index (κ3) is 18.2. The number of allylic oxidation sites excluding steroid dienone is 7. The molecule has 0 spiro atoms. The molecule has 0 amide bonds. The third-order valence-electron chi connectivity index (χ3n) is 1.66. The summed E-state index contributed by atoms with van der Waals surface area (Å²) in [7, 11) is 0. The van der Waals surface area contributed by atoms with E-state index in [-0.39, 0.29) is 0 Å². The quantitative estimate of drug-likeness (QED) is 0.439. The van der Waals surface area contributed by atoms with Gasteiger partial charge in [-0.15, -0.1) is 0 Å². The largest absolute Gasteiger partial charge is 0.390 e. The number of hydrogen-bond acceptors (Lipinski definition) is 2. The Labute approximate surface area is 124 Å². The van der Waals surface area contributed by atoms with Gasteiger partial charge in [-0.3, -0.25) is 0 Å². The zero-order valence-corrected chi connectivity index (χ0v) is 13.0. The predicted molar refractivity (Wildman–Crippen MR) is 94.7 cm³/mol. The first-order chi connectivity index (χ1) is 9.69. The Kier molecular flexibility index (Phi) is 25.4. The first kappa shape index (κ1) is 23.0. The zero-order valence-electron chi connectivity index (χ0n) is 13.0. The molecule has 0 fully saturated rings. The normalized spacial score (nSPS) is 11.2. The van der Waals surface area contributed by atoms with Crippen LogP contribution in [0.3, 0.4) is 0 Å². The maximum absolute atomic E-state index is 5.20. The van der Waals surface area contributed by atoms with Gasteiger partial charge in [0.25, 0.3) is 0 Å². The van der Waals surface area contributed by atoms with E-state index in [1.807, 2.05) is 39.0 Å². The first-order valence-corrected chi connectivity index (χ1v) is 6.54. The minimum Gasteiger partial charge on any atom is -0.390 e. The summed E-state index contributed by atoms with van der Waals surface area (Å²) in [5.41, 5.74) is 12.0. The van der Waals surface area contributed by atoms with Crippen LogP contribution in [0.25, 0.3) is 0 Å². The van der Waals surface area contributed by atoms with Gasteiger partial charge in [0.15, 0.2) is 0 Å². The molecule has 0 unspecified atom stereocenters. The molecule has 112 valence electrons. The van der Waals surface area contributed by atoms with Crippen molar-refractivity contribution in [1.29, 1.82) is 0 Å². The molecule has 20 heavy (non-hydrogen) atoms. The van der Waals surface area contributed by atoms with E-state index in [9.17, 15) is 0 Å². The second-order valence-electron chi connectivity index (χ2n) is 2.95. The van der Waals surface area contributed by atoms with Gasteiger partial charge in [-0.2, -0.15) is 0 Å². The summed E-state index contributed by atoms with van der Waals surface area (Å²) >= 11 is 0. The van der Waals surface area contributed by atoms with Crippen molar-refractivity contribution >= 4 is 6.34 Å². The van der Waals surface area contributed by atoms with Crippen molar-refractivity contribution in [3.8, 4) is 0 Å². The second-order valence-corrected chi connectivity index (χ2v) is 2.95. The fourth-order valence-corrected chi connectivity index (χ4v) is 0.916. The van der Waals surface area contributed by atoms with Crippen LogP contribution in [0.2, 0.25) is 0 Å². The molecule has 4 N–H and O–H groups in total. The summed E-state index contributed by atoms with van der Waals surface area (Å²) in [6.45, 7) is 17.1. The lowest BCUT2D eigenvalue weighted by molar-refractivity contribution is 1.22. The van der Waals surface area contributed by atoms with Crippen LogP contribution in [0.5, 0.6) is 0 Å². The summed E-state index contributed by atoms with van der Waals surface area (Å²) < 4.78 is 0. The summed E-state index contributed by atoms with van der Waals surface area (Å²) in [5.74, 6) is 0. The van der Waals surface area contributed by atoms with Gasteiger partial charge < -0.3 is 11.5 Å². The minimum absolute atomic E-state index is 0.457. The fraction of sp³-hybridized carbons (Fsp3) is 0.235. The van der Waals surface area contributed by atoms with Crippen LogP contribution in [-0.2, 0) is 0 Å². The second kappa shape index (κ2) is 22.1. The van der Waals surface area contributed by atoms with E-state index in [1.165, 1.54) is 6.34 Å². The third-order valence-corrected chi connectivity index (χ3v) is 1.66. The molecule has 0 aliphatic carbocycles. The molecule has 0 aromatic rings. The molecule has 0 heterocycles. The molecule has 0 aliphatic rings. The summed E-state index contributed by atoms with van der Waals surface area (Å²) in [6, 6.07) is 0. The van der Waals surface area contributed by atoms with Crippen molar-refractivity contribution in [2.45, 2.75) is 20.8 Å². The van der Waals surface area contributed by atoms with E-state index in [0.29, 0.717) is 12.2 Å². The lowest BCUT2D eigenvalue weighted by Crippen LogP contribution is -1.95. The van der Waals surface area contributed by atoms with Crippen LogP contribution >= 0.6 is 0 Å². The highest BCUT2D eigenvalue weighted by Crippen LogP contribution is 1.96. The number of nitrogens with two attached hydrogens (primary N) is 2. The molecule has 0 rings (SSSR count). The molecule has 0 bridgehead atoms. The maximum atomic E-state index is 5.20. The van der Waals surface area contributed by atoms with Crippen LogP contribution in [0.1, 0.15) is 20.8 Å². The van der Waals surface area contributed by atoms with Crippen molar-refractivity contribution in [1.82, 2.24) is 0 Å². The van der Waals surface area contributed by atoms with Gasteiger partial charge in [-0.25, -0.2) is 4.99 Å². The number of rotatable bonds is 6. The number of nitrogens with zero attached hydrogens (tertiary/aromatic N) is 1. The van der Waals surface area contributed by atoms with Crippen molar-refractivity contribution in [3.05, 3.63) is 73.5 Å². The van der Waals surface area contributed by atoms with Crippen LogP contribution in [-0.4, -0.2) is 12.9 Å². The molecular formula is C17H29N3. The van der Waals surface area contributed by atoms with Crippen LogP contribution in [0, 0.1) is 0 Å². The van der Waals surface area contributed by atoms with Crippen molar-refractivity contribution in [2.75, 3.05) is 6.54 Å². The molecule has 0 aromatic carbocycles. The molecule has 3 nitrogen and oxygen atoms in total. The molecule has 0 aromatic heterocycles. The Bertz CT molecular complexity index is 358. The molecule has 0 aliphatic heterocycles. The molecule has 0 atom stereocenters. The molecule has 0 radical (unpaired) electrons. The van der Waals surface area contributed by atoms with E-state index < -0.39 is 0 Å². The van der Waals surface area contributed by atoms with E-state index in [2.05, 4.69) is 24.7 Å². The van der Waals surface area contributed by atoms with E-state index >= 15 is 0 Å². The van der Waals surface area contributed by atoms with Gasteiger partial charge in [0, 0.05) is 6.54 Å². The summed E-state index contributed by atoms with van der Waals surface area (Å²) in [4.78, 5) is 3.75. The van der Waals surface area contributed by atoms with Crippen LogP contribution < -0.4 is 11.5 Å². The van der Waals surface area contributed by atoms with Crippen LogP contribution in [0.4, 0.5) is 0 Å². The Balaban J connectivity index is -0.000000257. The van der Waals surface area contributed by atoms with Crippen molar-refractivity contribution in [3.63, 3.8) is 0 Å². The standard InChI is InChI=1S/C9H12.C6H11N3.C2H6/c1-4-7-9(6-3)8-5-2;1-2-6(3-4-7)9-5-8;1-2/h4-8H,1,3H2,2H3;2-3,5H,1,4,7H2,(H2,8,9);1-2H3/b8-5+,9-7+;6-3+;. The Morgan fingerprint density at radius 1 is 1.15 bits per heavy atom. The zero-order chi connectivity index (χ0) is 16.2. The fourth-order valence-electron chi connectivity index (χ4n) is 0.916. The monoisotopic (exact) mass is 275 g/mol. The van der Waals surface area contributed by atoms with Gasteiger partial charge in [0.2, 0.25) is 0 Å². The van der Waals surface area contributed by atoms with Gasteiger partial charge in [0.1, 0.15) is 0 Å². The smallest absolute Gasteiger partial charge is 0.0860 e. The predicted octanol–water partition coefficient (Wildman–Crippen LogP) is 3.89. The lowest BCUT2D eigenvalue weighted by atomic mass is 10.2. The molecule has 0 saturated heterocycles. The highest BCUT2D eigenvalue weighted by molar-refractivity contribution is 5.54. The SMILES string of the molecule is C=C/C(=C\CN)N=CN.C=C/C=C(C=C)/C=C/C.CC. The summed E-state index contributed by atoms with van der Waals surface area (Å²) in [5, 5.41) is 0. The van der Waals surface area contributed by atoms with Gasteiger partial charge in [0.05, 0.1) is 12.0 Å². The minimum atomic E-state index is 0.457. The van der Waals surface area contributed by atoms with E-state index in [0.717, 1.165) is 5.57 Å². The number of aliphatic imine (C=N–C) groups is 1. The average Bonchev–Trinajstić information content (AvgIpc) is 2.49. The highest BCUT2D eigenvalue weighted by atomic mass is 14.8. The Morgan fingerprint density at radius 3 is 2.05 bits per heavy atom. The average molecular weight is 275 g/mol. The lowest BCUT2D eigenvalue weighted by Gasteiger charge is -1.87. The van der Waals surface area contributed by atoms with Gasteiger partial charge in [-0.1, -0.05) is 64.0 Å². The topological polar surface area (TPSA) is 64.4 Å². The van der Waals surface area contributed by atoms with Crippen LogP contribution in [0.15, 0.2) is 78.5 Å².